The second-order valence-corrected chi connectivity index (χ2v) is 8.57. The van der Waals surface area contributed by atoms with Gasteiger partial charge in [0.1, 0.15) is 0 Å². The number of aryl methyl sites for hydroxylation is 1. The Morgan fingerprint density at radius 3 is 2.52 bits per heavy atom. The normalized spacial score (nSPS) is 16.9. The maximum Gasteiger partial charge on any atom is 0.254 e. The molecule has 29 heavy (non-hydrogen) atoms. The minimum Gasteiger partial charge on any atom is -0.354 e. The maximum atomic E-state index is 12.9. The summed E-state index contributed by atoms with van der Waals surface area (Å²) in [5.41, 5.74) is 4.15. The highest BCUT2D eigenvalue weighted by Crippen LogP contribution is 2.22. The van der Waals surface area contributed by atoms with E-state index in [0.717, 1.165) is 16.0 Å². The minimum atomic E-state index is -0.247. The lowest BCUT2D eigenvalue weighted by Crippen LogP contribution is -2.37. The Kier molecular flexibility index (Phi) is 5.76. The SMILES string of the molecule is Cc1cc(C(=O)N2CCNC(=O)[C@H](Cc3ccc(-c4ccccc4)cc3)C2)cs1. The Hall–Kier alpha value is -2.92. The summed E-state index contributed by atoms with van der Waals surface area (Å²) >= 11 is 1.58. The van der Waals surface area contributed by atoms with Crippen LogP contribution in [0.25, 0.3) is 11.1 Å². The molecular formula is C24H24N2O2S. The van der Waals surface area contributed by atoms with E-state index in [1.54, 1.807) is 11.3 Å². The summed E-state index contributed by atoms with van der Waals surface area (Å²) in [4.78, 5) is 28.4. The molecule has 1 aliphatic rings. The number of rotatable bonds is 4. The van der Waals surface area contributed by atoms with Crippen LogP contribution in [0.3, 0.4) is 0 Å². The van der Waals surface area contributed by atoms with Gasteiger partial charge in [-0.15, -0.1) is 11.3 Å². The van der Waals surface area contributed by atoms with E-state index in [9.17, 15) is 9.59 Å². The Labute approximate surface area is 175 Å². The molecule has 5 heteroatoms. The molecule has 4 rings (SSSR count). The van der Waals surface area contributed by atoms with Gasteiger partial charge in [0.05, 0.1) is 11.5 Å². The van der Waals surface area contributed by atoms with E-state index in [0.29, 0.717) is 31.6 Å². The fraction of sp³-hybridized carbons (Fsp3) is 0.250. The van der Waals surface area contributed by atoms with Crippen molar-refractivity contribution < 1.29 is 9.59 Å². The topological polar surface area (TPSA) is 49.4 Å². The van der Waals surface area contributed by atoms with E-state index in [1.807, 2.05) is 41.5 Å². The van der Waals surface area contributed by atoms with Crippen LogP contribution in [-0.4, -0.2) is 36.3 Å². The molecule has 1 aliphatic heterocycles. The predicted molar refractivity (Wildman–Crippen MR) is 117 cm³/mol. The highest BCUT2D eigenvalue weighted by atomic mass is 32.1. The molecule has 2 heterocycles. The first kappa shape index (κ1) is 19.4. The van der Waals surface area contributed by atoms with Crippen LogP contribution < -0.4 is 5.32 Å². The zero-order chi connectivity index (χ0) is 20.2. The predicted octanol–water partition coefficient (Wildman–Crippen LogP) is 4.15. The van der Waals surface area contributed by atoms with Crippen molar-refractivity contribution in [2.75, 3.05) is 19.6 Å². The zero-order valence-electron chi connectivity index (χ0n) is 16.4. The number of hydrogen-bond donors (Lipinski definition) is 1. The van der Waals surface area contributed by atoms with Crippen molar-refractivity contribution in [2.24, 2.45) is 5.92 Å². The smallest absolute Gasteiger partial charge is 0.254 e. The van der Waals surface area contributed by atoms with Crippen molar-refractivity contribution in [3.63, 3.8) is 0 Å². The van der Waals surface area contributed by atoms with Crippen molar-refractivity contribution in [1.82, 2.24) is 10.2 Å². The molecule has 0 unspecified atom stereocenters. The highest BCUT2D eigenvalue weighted by molar-refractivity contribution is 7.10. The third-order valence-electron chi connectivity index (χ3n) is 5.30. The second kappa shape index (κ2) is 8.62. The van der Waals surface area contributed by atoms with Gasteiger partial charge in [-0.2, -0.15) is 0 Å². The lowest BCUT2D eigenvalue weighted by atomic mass is 9.96. The van der Waals surface area contributed by atoms with Gasteiger partial charge < -0.3 is 10.2 Å². The molecule has 0 aliphatic carbocycles. The summed E-state index contributed by atoms with van der Waals surface area (Å²) in [5, 5.41) is 4.86. The standard InChI is InChI=1S/C24H24N2O2S/c1-17-13-22(16-29-17)24(28)26-12-11-25-23(27)21(15-26)14-18-7-9-20(10-8-18)19-5-3-2-4-6-19/h2-10,13,16,21H,11-12,14-15H2,1H3,(H,25,27)/t21-/m1/s1. The number of thiophene rings is 1. The number of nitrogens with zero attached hydrogens (tertiary/aromatic N) is 1. The van der Waals surface area contributed by atoms with Crippen LogP contribution in [0.15, 0.2) is 66.0 Å². The summed E-state index contributed by atoms with van der Waals surface area (Å²) < 4.78 is 0. The van der Waals surface area contributed by atoms with Gasteiger partial charge in [0, 0.05) is 29.9 Å². The molecule has 4 nitrogen and oxygen atoms in total. The molecule has 148 valence electrons. The van der Waals surface area contributed by atoms with Crippen molar-refractivity contribution in [2.45, 2.75) is 13.3 Å². The van der Waals surface area contributed by atoms with Gasteiger partial charge in [-0.1, -0.05) is 54.6 Å². The van der Waals surface area contributed by atoms with E-state index in [4.69, 9.17) is 0 Å². The lowest BCUT2D eigenvalue weighted by Gasteiger charge is -2.23. The van der Waals surface area contributed by atoms with E-state index < -0.39 is 0 Å². The van der Waals surface area contributed by atoms with Crippen LogP contribution >= 0.6 is 11.3 Å². The summed E-state index contributed by atoms with van der Waals surface area (Å²) in [6.45, 7) is 3.48. The molecule has 0 bridgehead atoms. The Morgan fingerprint density at radius 2 is 1.83 bits per heavy atom. The maximum absolute atomic E-state index is 12.9. The largest absolute Gasteiger partial charge is 0.354 e. The summed E-state index contributed by atoms with van der Waals surface area (Å²) in [6, 6.07) is 20.5. The first-order chi connectivity index (χ1) is 14.1. The second-order valence-electron chi connectivity index (χ2n) is 7.45. The van der Waals surface area contributed by atoms with E-state index in [1.165, 1.54) is 5.56 Å². The number of hydrogen-bond acceptors (Lipinski definition) is 3. The molecule has 3 aromatic rings. The van der Waals surface area contributed by atoms with E-state index in [-0.39, 0.29) is 17.7 Å². The molecule has 0 saturated carbocycles. The number of nitrogens with one attached hydrogen (secondary N) is 1. The fourth-order valence-electron chi connectivity index (χ4n) is 3.73. The van der Waals surface area contributed by atoms with Crippen molar-refractivity contribution in [1.29, 1.82) is 0 Å². The van der Waals surface area contributed by atoms with Crippen LogP contribution in [0.5, 0.6) is 0 Å². The minimum absolute atomic E-state index is 0.00951. The van der Waals surface area contributed by atoms with Crippen LogP contribution in [0.1, 0.15) is 20.8 Å². The molecule has 0 radical (unpaired) electrons. The van der Waals surface area contributed by atoms with Gasteiger partial charge in [-0.25, -0.2) is 0 Å². The highest BCUT2D eigenvalue weighted by Gasteiger charge is 2.28. The zero-order valence-corrected chi connectivity index (χ0v) is 17.2. The van der Waals surface area contributed by atoms with Crippen LogP contribution in [-0.2, 0) is 11.2 Å². The molecule has 0 spiro atoms. The fourth-order valence-corrected chi connectivity index (χ4v) is 4.40. The van der Waals surface area contributed by atoms with Crippen molar-refractivity contribution in [3.05, 3.63) is 82.0 Å². The molecule has 1 aromatic heterocycles. The quantitative estimate of drug-likeness (QED) is 0.710. The number of carbonyl (C=O) groups is 2. The number of carbonyl (C=O) groups excluding carboxylic acids is 2. The molecule has 2 amide bonds. The molecule has 1 atom stereocenters. The van der Waals surface area contributed by atoms with Gasteiger partial charge in [0.2, 0.25) is 5.91 Å². The van der Waals surface area contributed by atoms with Gasteiger partial charge in [0.25, 0.3) is 5.91 Å². The molecular weight excluding hydrogens is 380 g/mol. The van der Waals surface area contributed by atoms with E-state index in [2.05, 4.69) is 41.7 Å². The first-order valence-electron chi connectivity index (χ1n) is 9.86. The molecule has 2 aromatic carbocycles. The monoisotopic (exact) mass is 404 g/mol. The van der Waals surface area contributed by atoms with Crippen molar-refractivity contribution >= 4 is 23.2 Å². The summed E-state index contributed by atoms with van der Waals surface area (Å²) in [7, 11) is 0. The Balaban J connectivity index is 1.47. The first-order valence-corrected chi connectivity index (χ1v) is 10.7. The number of amides is 2. The van der Waals surface area contributed by atoms with E-state index >= 15 is 0 Å². The average Bonchev–Trinajstić information content (AvgIpc) is 3.10. The summed E-state index contributed by atoms with van der Waals surface area (Å²) in [6.07, 6.45) is 0.618. The summed E-state index contributed by atoms with van der Waals surface area (Å²) in [5.74, 6) is -0.215. The van der Waals surface area contributed by atoms with Crippen LogP contribution in [0.4, 0.5) is 0 Å². The Morgan fingerprint density at radius 1 is 1.10 bits per heavy atom. The third-order valence-corrected chi connectivity index (χ3v) is 6.16. The van der Waals surface area contributed by atoms with Crippen molar-refractivity contribution in [3.8, 4) is 11.1 Å². The number of benzene rings is 2. The van der Waals surface area contributed by atoms with Gasteiger partial charge in [-0.3, -0.25) is 9.59 Å². The third kappa shape index (κ3) is 4.57. The van der Waals surface area contributed by atoms with Gasteiger partial charge in [0.15, 0.2) is 0 Å². The average molecular weight is 405 g/mol. The van der Waals surface area contributed by atoms with Gasteiger partial charge >= 0.3 is 0 Å². The lowest BCUT2D eigenvalue weighted by molar-refractivity contribution is -0.124. The van der Waals surface area contributed by atoms with Gasteiger partial charge in [-0.05, 0) is 36.1 Å². The van der Waals surface area contributed by atoms with Crippen LogP contribution in [0, 0.1) is 12.8 Å². The molecule has 1 N–H and O–H groups in total. The Bertz CT molecular complexity index is 995. The van der Waals surface area contributed by atoms with Crippen LogP contribution in [0.2, 0.25) is 0 Å². The molecule has 1 saturated heterocycles. The molecule has 1 fully saturated rings.